The fraction of sp³-hybridized carbons (Fsp3) is 0.308. The van der Waals surface area contributed by atoms with Crippen LogP contribution in [-0.2, 0) is 16.0 Å². The van der Waals surface area contributed by atoms with E-state index in [2.05, 4.69) is 10.3 Å². The number of anilines is 1. The summed E-state index contributed by atoms with van der Waals surface area (Å²) >= 11 is 2.72. The van der Waals surface area contributed by atoms with Gasteiger partial charge in [0.15, 0.2) is 5.13 Å². The molecule has 0 radical (unpaired) electrons. The molecule has 0 saturated heterocycles. The van der Waals surface area contributed by atoms with Crippen molar-refractivity contribution in [3.8, 4) is 0 Å². The summed E-state index contributed by atoms with van der Waals surface area (Å²) in [6.45, 7) is 4.06. The topological polar surface area (TPSA) is 68.3 Å². The number of rotatable bonds is 5. The summed E-state index contributed by atoms with van der Waals surface area (Å²) in [6, 6.07) is 3.68. The van der Waals surface area contributed by atoms with Gasteiger partial charge < -0.3 is 4.74 Å². The second kappa shape index (κ2) is 6.62. The number of esters is 1. The first kappa shape index (κ1) is 14.7. The Hall–Kier alpha value is -1.73. The highest BCUT2D eigenvalue weighted by Crippen LogP contribution is 2.20. The van der Waals surface area contributed by atoms with E-state index in [0.717, 1.165) is 4.88 Å². The number of hydrogen-bond donors (Lipinski definition) is 1. The molecule has 0 fully saturated rings. The van der Waals surface area contributed by atoms with Crippen LogP contribution in [0.4, 0.5) is 5.13 Å². The number of aromatic nitrogens is 1. The van der Waals surface area contributed by atoms with Crippen LogP contribution in [0, 0.1) is 6.92 Å². The minimum absolute atomic E-state index is 0.123. The van der Waals surface area contributed by atoms with Crippen molar-refractivity contribution in [3.05, 3.63) is 33.0 Å². The molecule has 2 rings (SSSR count). The summed E-state index contributed by atoms with van der Waals surface area (Å²) in [4.78, 5) is 29.2. The number of carbonyl (C=O) groups excluding carboxylic acids is 2. The van der Waals surface area contributed by atoms with Crippen LogP contribution in [0.3, 0.4) is 0 Å². The smallest absolute Gasteiger partial charge is 0.311 e. The number of thiophene rings is 1. The lowest BCUT2D eigenvalue weighted by atomic mass is 10.3. The van der Waals surface area contributed by atoms with E-state index in [-0.39, 0.29) is 18.3 Å². The third-order valence-electron chi connectivity index (χ3n) is 2.37. The van der Waals surface area contributed by atoms with E-state index in [0.29, 0.717) is 22.3 Å². The third kappa shape index (κ3) is 3.88. The van der Waals surface area contributed by atoms with E-state index in [1.807, 2.05) is 13.0 Å². The molecule has 2 heterocycles. The number of carbonyl (C=O) groups is 2. The molecular formula is C13H14N2O3S2. The third-order valence-corrected chi connectivity index (χ3v) is 4.17. The Labute approximate surface area is 124 Å². The van der Waals surface area contributed by atoms with Gasteiger partial charge in [-0.25, -0.2) is 4.98 Å². The number of aryl methyl sites for hydroxylation is 1. The number of hydrogen-bond acceptors (Lipinski definition) is 6. The first-order valence-corrected chi connectivity index (χ1v) is 7.76. The first-order chi connectivity index (χ1) is 9.58. The zero-order valence-corrected chi connectivity index (χ0v) is 12.8. The lowest BCUT2D eigenvalue weighted by Gasteiger charge is -1.99. The summed E-state index contributed by atoms with van der Waals surface area (Å²) in [5.41, 5.74) is 0.603. The molecule has 0 saturated carbocycles. The lowest BCUT2D eigenvalue weighted by Crippen LogP contribution is -2.11. The summed E-state index contributed by atoms with van der Waals surface area (Å²) in [6.07, 6.45) is 0.123. The van der Waals surface area contributed by atoms with Gasteiger partial charge in [0.25, 0.3) is 5.91 Å². The number of thiazole rings is 1. The minimum Gasteiger partial charge on any atom is -0.466 e. The predicted octanol–water partition coefficient (Wildman–Crippen LogP) is 2.87. The van der Waals surface area contributed by atoms with Crippen LogP contribution in [0.1, 0.15) is 27.2 Å². The van der Waals surface area contributed by atoms with Crippen molar-refractivity contribution in [2.24, 2.45) is 0 Å². The SMILES string of the molecule is CCOC(=O)Cc1csc(NC(=O)c2ccc(C)s2)n1. The Morgan fingerprint density at radius 2 is 2.20 bits per heavy atom. The maximum atomic E-state index is 11.9. The highest BCUT2D eigenvalue weighted by atomic mass is 32.1. The Bertz CT molecular complexity index is 619. The molecule has 0 aliphatic carbocycles. The zero-order chi connectivity index (χ0) is 14.5. The van der Waals surface area contributed by atoms with Crippen LogP contribution >= 0.6 is 22.7 Å². The molecule has 0 spiro atoms. The fourth-order valence-corrected chi connectivity index (χ4v) is 2.99. The predicted molar refractivity (Wildman–Crippen MR) is 79.5 cm³/mol. The van der Waals surface area contributed by atoms with Crippen molar-refractivity contribution in [1.29, 1.82) is 0 Å². The Morgan fingerprint density at radius 3 is 2.85 bits per heavy atom. The Morgan fingerprint density at radius 1 is 1.40 bits per heavy atom. The number of nitrogens with zero attached hydrogens (tertiary/aromatic N) is 1. The highest BCUT2D eigenvalue weighted by Gasteiger charge is 2.12. The quantitative estimate of drug-likeness (QED) is 0.862. The summed E-state index contributed by atoms with van der Waals surface area (Å²) in [7, 11) is 0. The molecule has 0 aliphatic rings. The summed E-state index contributed by atoms with van der Waals surface area (Å²) in [5, 5.41) is 4.95. The van der Waals surface area contributed by atoms with Gasteiger partial charge in [-0.2, -0.15) is 0 Å². The highest BCUT2D eigenvalue weighted by molar-refractivity contribution is 7.15. The van der Waals surface area contributed by atoms with Crippen molar-refractivity contribution in [2.75, 3.05) is 11.9 Å². The Kier molecular flexibility index (Phi) is 4.86. The van der Waals surface area contributed by atoms with Crippen LogP contribution in [0.5, 0.6) is 0 Å². The van der Waals surface area contributed by atoms with Gasteiger partial charge in [-0.15, -0.1) is 22.7 Å². The normalized spacial score (nSPS) is 10.3. The molecule has 0 aromatic carbocycles. The van der Waals surface area contributed by atoms with E-state index >= 15 is 0 Å². The molecule has 1 N–H and O–H groups in total. The molecule has 7 heteroatoms. The maximum absolute atomic E-state index is 11.9. The molecule has 0 bridgehead atoms. The number of amides is 1. The van der Waals surface area contributed by atoms with Crippen molar-refractivity contribution in [1.82, 2.24) is 4.98 Å². The molecule has 5 nitrogen and oxygen atoms in total. The molecule has 1 amide bonds. The average Bonchev–Trinajstić information content (AvgIpc) is 2.99. The molecule has 0 atom stereocenters. The standard InChI is InChI=1S/C13H14N2O3S2/c1-3-18-11(16)6-9-7-19-13(14-9)15-12(17)10-5-4-8(2)20-10/h4-5,7H,3,6H2,1-2H3,(H,14,15,17). The van der Waals surface area contributed by atoms with Gasteiger partial charge in [0.1, 0.15) is 0 Å². The average molecular weight is 310 g/mol. The monoisotopic (exact) mass is 310 g/mol. The molecule has 0 unspecified atom stereocenters. The van der Waals surface area contributed by atoms with E-state index < -0.39 is 0 Å². The Balaban J connectivity index is 1.95. The number of nitrogens with one attached hydrogen (secondary N) is 1. The van der Waals surface area contributed by atoms with E-state index in [1.165, 1.54) is 22.7 Å². The maximum Gasteiger partial charge on any atom is 0.311 e. The van der Waals surface area contributed by atoms with Crippen molar-refractivity contribution < 1.29 is 14.3 Å². The zero-order valence-electron chi connectivity index (χ0n) is 11.1. The van der Waals surface area contributed by atoms with Crippen molar-refractivity contribution >= 4 is 39.7 Å². The fourth-order valence-electron chi connectivity index (χ4n) is 1.52. The van der Waals surface area contributed by atoms with Gasteiger partial charge in [-0.05, 0) is 26.0 Å². The van der Waals surface area contributed by atoms with Gasteiger partial charge in [0.2, 0.25) is 0 Å². The lowest BCUT2D eigenvalue weighted by molar-refractivity contribution is -0.142. The van der Waals surface area contributed by atoms with Gasteiger partial charge in [0.05, 0.1) is 23.6 Å². The molecule has 0 aliphatic heterocycles. The van der Waals surface area contributed by atoms with Crippen molar-refractivity contribution in [2.45, 2.75) is 20.3 Å². The molecule has 2 aromatic rings. The van der Waals surface area contributed by atoms with Gasteiger partial charge in [-0.1, -0.05) is 0 Å². The molecule has 20 heavy (non-hydrogen) atoms. The minimum atomic E-state index is -0.315. The molecule has 2 aromatic heterocycles. The molecular weight excluding hydrogens is 296 g/mol. The van der Waals surface area contributed by atoms with Crippen LogP contribution in [0.15, 0.2) is 17.5 Å². The van der Waals surface area contributed by atoms with E-state index in [4.69, 9.17) is 4.74 Å². The van der Waals surface area contributed by atoms with Crippen LogP contribution in [-0.4, -0.2) is 23.5 Å². The van der Waals surface area contributed by atoms with Gasteiger partial charge in [0, 0.05) is 10.3 Å². The van der Waals surface area contributed by atoms with Gasteiger partial charge in [-0.3, -0.25) is 14.9 Å². The van der Waals surface area contributed by atoms with Crippen molar-refractivity contribution in [3.63, 3.8) is 0 Å². The van der Waals surface area contributed by atoms with Gasteiger partial charge >= 0.3 is 5.97 Å². The second-order valence-corrected chi connectivity index (χ2v) is 6.14. The molecule has 106 valence electrons. The second-order valence-electron chi connectivity index (χ2n) is 3.99. The summed E-state index contributed by atoms with van der Waals surface area (Å²) < 4.78 is 4.85. The van der Waals surface area contributed by atoms with Crippen LogP contribution in [0.25, 0.3) is 0 Å². The van der Waals surface area contributed by atoms with Crippen LogP contribution < -0.4 is 5.32 Å². The largest absolute Gasteiger partial charge is 0.466 e. The van der Waals surface area contributed by atoms with E-state index in [1.54, 1.807) is 18.4 Å². The number of ether oxygens (including phenoxy) is 1. The van der Waals surface area contributed by atoms with E-state index in [9.17, 15) is 9.59 Å². The van der Waals surface area contributed by atoms with Crippen LogP contribution in [0.2, 0.25) is 0 Å². The summed E-state index contributed by atoms with van der Waals surface area (Å²) in [5.74, 6) is -0.496. The first-order valence-electron chi connectivity index (χ1n) is 6.06.